The summed E-state index contributed by atoms with van der Waals surface area (Å²) in [5.74, 6) is 2.10. The fourth-order valence-corrected chi connectivity index (χ4v) is 2.92. The Balaban J connectivity index is 1.85. The van der Waals surface area contributed by atoms with Crippen LogP contribution < -0.4 is 5.32 Å². The third-order valence-electron chi connectivity index (χ3n) is 4.16. The van der Waals surface area contributed by atoms with Gasteiger partial charge in [-0.2, -0.15) is 0 Å². The molecule has 0 saturated heterocycles. The van der Waals surface area contributed by atoms with Crippen LogP contribution in [0, 0.1) is 5.41 Å². The zero-order valence-electron chi connectivity index (χ0n) is 12.7. The van der Waals surface area contributed by atoms with Gasteiger partial charge in [-0.15, -0.1) is 10.2 Å². The Morgan fingerprint density at radius 1 is 1.37 bits per heavy atom. The van der Waals surface area contributed by atoms with Crippen molar-refractivity contribution in [3.8, 4) is 0 Å². The van der Waals surface area contributed by atoms with Crippen molar-refractivity contribution >= 4 is 0 Å². The van der Waals surface area contributed by atoms with Gasteiger partial charge < -0.3 is 9.73 Å². The molecular formula is C15H27N3O. The standard InChI is InChI=1S/C15H27N3O/c1-11(2)16-10-6-8-13-17-18-14(19-13)12-7-5-9-15(12,3)4/h11-12,16H,5-10H2,1-4H3. The van der Waals surface area contributed by atoms with Crippen LogP contribution in [0.25, 0.3) is 0 Å². The smallest absolute Gasteiger partial charge is 0.220 e. The number of aromatic nitrogens is 2. The molecule has 0 bridgehead atoms. The van der Waals surface area contributed by atoms with Gasteiger partial charge in [0.15, 0.2) is 0 Å². The van der Waals surface area contributed by atoms with Crippen molar-refractivity contribution in [3.05, 3.63) is 11.8 Å². The van der Waals surface area contributed by atoms with Gasteiger partial charge in [-0.25, -0.2) is 0 Å². The molecule has 1 aromatic heterocycles. The van der Waals surface area contributed by atoms with Gasteiger partial charge in [0.25, 0.3) is 0 Å². The van der Waals surface area contributed by atoms with E-state index in [1.165, 1.54) is 19.3 Å². The van der Waals surface area contributed by atoms with Crippen molar-refractivity contribution < 1.29 is 4.42 Å². The van der Waals surface area contributed by atoms with E-state index in [9.17, 15) is 0 Å². The quantitative estimate of drug-likeness (QED) is 0.802. The molecule has 1 heterocycles. The Bertz CT molecular complexity index is 398. The maximum atomic E-state index is 5.86. The summed E-state index contributed by atoms with van der Waals surface area (Å²) in [6.07, 6.45) is 5.64. The first-order valence-corrected chi connectivity index (χ1v) is 7.55. The van der Waals surface area contributed by atoms with Crippen LogP contribution in [0.1, 0.15) is 71.1 Å². The Hall–Kier alpha value is -0.900. The van der Waals surface area contributed by atoms with Gasteiger partial charge in [0.2, 0.25) is 11.8 Å². The number of aryl methyl sites for hydroxylation is 1. The highest BCUT2D eigenvalue weighted by atomic mass is 16.4. The summed E-state index contributed by atoms with van der Waals surface area (Å²) >= 11 is 0. The fraction of sp³-hybridized carbons (Fsp3) is 0.867. The molecule has 4 nitrogen and oxygen atoms in total. The molecule has 0 spiro atoms. The van der Waals surface area contributed by atoms with Crippen LogP contribution in [-0.4, -0.2) is 22.8 Å². The Morgan fingerprint density at radius 3 is 2.79 bits per heavy atom. The van der Waals surface area contributed by atoms with Crippen LogP contribution in [0.3, 0.4) is 0 Å². The van der Waals surface area contributed by atoms with Crippen molar-refractivity contribution in [1.82, 2.24) is 15.5 Å². The van der Waals surface area contributed by atoms with E-state index < -0.39 is 0 Å². The average molecular weight is 265 g/mol. The van der Waals surface area contributed by atoms with Gasteiger partial charge in [-0.3, -0.25) is 0 Å². The molecule has 1 aromatic rings. The van der Waals surface area contributed by atoms with E-state index in [0.29, 0.717) is 17.4 Å². The normalized spacial score (nSPS) is 22.3. The molecule has 1 aliphatic rings. The second kappa shape index (κ2) is 6.04. The average Bonchev–Trinajstić information content (AvgIpc) is 2.90. The Morgan fingerprint density at radius 2 is 2.16 bits per heavy atom. The molecular weight excluding hydrogens is 238 g/mol. The van der Waals surface area contributed by atoms with Crippen molar-refractivity contribution in [2.45, 2.75) is 71.8 Å². The number of hydrogen-bond donors (Lipinski definition) is 1. The van der Waals surface area contributed by atoms with Gasteiger partial charge in [0.05, 0.1) is 0 Å². The molecule has 4 heteroatoms. The molecule has 1 unspecified atom stereocenters. The van der Waals surface area contributed by atoms with Crippen LogP contribution in [0.4, 0.5) is 0 Å². The second-order valence-corrected chi connectivity index (χ2v) is 6.68. The van der Waals surface area contributed by atoms with Crippen molar-refractivity contribution in [2.24, 2.45) is 5.41 Å². The van der Waals surface area contributed by atoms with Crippen LogP contribution in [-0.2, 0) is 6.42 Å². The number of nitrogens with one attached hydrogen (secondary N) is 1. The van der Waals surface area contributed by atoms with Crippen molar-refractivity contribution in [2.75, 3.05) is 6.54 Å². The van der Waals surface area contributed by atoms with E-state index in [2.05, 4.69) is 43.2 Å². The lowest BCUT2D eigenvalue weighted by Crippen LogP contribution is -2.23. The third-order valence-corrected chi connectivity index (χ3v) is 4.16. The largest absolute Gasteiger partial charge is 0.425 e. The van der Waals surface area contributed by atoms with E-state index >= 15 is 0 Å². The first kappa shape index (κ1) is 14.5. The molecule has 1 atom stereocenters. The first-order chi connectivity index (χ1) is 8.99. The SMILES string of the molecule is CC(C)NCCCc1nnc(C2CCCC2(C)C)o1. The van der Waals surface area contributed by atoms with E-state index in [1.54, 1.807) is 0 Å². The molecule has 1 fully saturated rings. The highest BCUT2D eigenvalue weighted by molar-refractivity contribution is 5.02. The molecule has 0 amide bonds. The molecule has 0 aliphatic heterocycles. The first-order valence-electron chi connectivity index (χ1n) is 7.55. The molecule has 1 N–H and O–H groups in total. The third kappa shape index (κ3) is 3.78. The Labute approximate surface area is 116 Å². The fourth-order valence-electron chi connectivity index (χ4n) is 2.92. The van der Waals surface area contributed by atoms with Crippen LogP contribution in [0.5, 0.6) is 0 Å². The number of rotatable bonds is 6. The van der Waals surface area contributed by atoms with E-state index in [0.717, 1.165) is 31.2 Å². The van der Waals surface area contributed by atoms with Gasteiger partial charge in [0, 0.05) is 18.4 Å². The van der Waals surface area contributed by atoms with E-state index in [-0.39, 0.29) is 0 Å². The van der Waals surface area contributed by atoms with Gasteiger partial charge in [0.1, 0.15) is 0 Å². The van der Waals surface area contributed by atoms with Gasteiger partial charge >= 0.3 is 0 Å². The Kier molecular flexibility index (Phi) is 4.61. The van der Waals surface area contributed by atoms with Crippen LogP contribution >= 0.6 is 0 Å². The van der Waals surface area contributed by atoms with Gasteiger partial charge in [-0.05, 0) is 31.2 Å². The molecule has 2 rings (SSSR count). The van der Waals surface area contributed by atoms with E-state index in [4.69, 9.17) is 4.42 Å². The minimum Gasteiger partial charge on any atom is -0.425 e. The molecule has 108 valence electrons. The molecule has 0 radical (unpaired) electrons. The molecule has 19 heavy (non-hydrogen) atoms. The minimum absolute atomic E-state index is 0.309. The minimum atomic E-state index is 0.309. The maximum absolute atomic E-state index is 5.86. The van der Waals surface area contributed by atoms with Crippen molar-refractivity contribution in [1.29, 1.82) is 0 Å². The summed E-state index contributed by atoms with van der Waals surface area (Å²) in [6.45, 7) is 9.94. The highest BCUT2D eigenvalue weighted by Crippen LogP contribution is 2.48. The topological polar surface area (TPSA) is 51.0 Å². The lowest BCUT2D eigenvalue weighted by Gasteiger charge is -2.23. The van der Waals surface area contributed by atoms with Crippen molar-refractivity contribution in [3.63, 3.8) is 0 Å². The predicted octanol–water partition coefficient (Wildman–Crippen LogP) is 3.29. The zero-order chi connectivity index (χ0) is 13.9. The van der Waals surface area contributed by atoms with Gasteiger partial charge in [-0.1, -0.05) is 34.1 Å². The molecule has 1 saturated carbocycles. The molecule has 0 aromatic carbocycles. The monoisotopic (exact) mass is 265 g/mol. The van der Waals surface area contributed by atoms with Crippen LogP contribution in [0.2, 0.25) is 0 Å². The number of nitrogens with zero attached hydrogens (tertiary/aromatic N) is 2. The summed E-state index contributed by atoms with van der Waals surface area (Å²) in [5, 5.41) is 11.9. The summed E-state index contributed by atoms with van der Waals surface area (Å²) in [5.41, 5.74) is 0.309. The summed E-state index contributed by atoms with van der Waals surface area (Å²) in [6, 6.07) is 0.539. The maximum Gasteiger partial charge on any atom is 0.220 e. The summed E-state index contributed by atoms with van der Waals surface area (Å²) in [7, 11) is 0. The van der Waals surface area contributed by atoms with Crippen LogP contribution in [0.15, 0.2) is 4.42 Å². The molecule has 1 aliphatic carbocycles. The lowest BCUT2D eigenvalue weighted by atomic mass is 9.82. The summed E-state index contributed by atoms with van der Waals surface area (Å²) in [4.78, 5) is 0. The van der Waals surface area contributed by atoms with E-state index in [1.807, 2.05) is 0 Å². The second-order valence-electron chi connectivity index (χ2n) is 6.68. The summed E-state index contributed by atoms with van der Waals surface area (Å²) < 4.78 is 5.86. The highest BCUT2D eigenvalue weighted by Gasteiger charge is 2.38. The number of hydrogen-bond acceptors (Lipinski definition) is 4. The lowest BCUT2D eigenvalue weighted by molar-refractivity contribution is 0.280. The zero-order valence-corrected chi connectivity index (χ0v) is 12.7. The predicted molar refractivity (Wildman–Crippen MR) is 76.1 cm³/mol.